The molecule has 0 atom stereocenters. The number of pyridine rings is 1. The number of aromatic nitrogens is 1. The fraction of sp³-hybridized carbons (Fsp3) is 0.538. The number of carboxylic acid groups (broad SMARTS) is 1. The van der Waals surface area contributed by atoms with Crippen LogP contribution in [0.15, 0.2) is 12.3 Å². The average molecular weight is 281 g/mol. The first kappa shape index (κ1) is 15.9. The van der Waals surface area contributed by atoms with Crippen molar-refractivity contribution in [3.63, 3.8) is 0 Å². The number of hydrogen-bond donors (Lipinski definition) is 1. The predicted molar refractivity (Wildman–Crippen MR) is 75.2 cm³/mol. The van der Waals surface area contributed by atoms with E-state index in [0.717, 1.165) is 12.3 Å². The SMILES string of the molecule is CC(C)CN(c1ncc([N+](=O)[O-])cc1C(=O)O)C(C)C. The second kappa shape index (κ2) is 6.31. The molecule has 20 heavy (non-hydrogen) atoms. The molecule has 7 heteroatoms. The van der Waals surface area contributed by atoms with Gasteiger partial charge in [0.15, 0.2) is 0 Å². The Bertz CT molecular complexity index is 514. The van der Waals surface area contributed by atoms with Crippen LogP contribution in [-0.4, -0.2) is 33.6 Å². The normalized spacial score (nSPS) is 10.9. The average Bonchev–Trinajstić information content (AvgIpc) is 2.34. The monoisotopic (exact) mass is 281 g/mol. The van der Waals surface area contributed by atoms with Crippen molar-refractivity contribution in [2.75, 3.05) is 11.4 Å². The van der Waals surface area contributed by atoms with Gasteiger partial charge < -0.3 is 10.0 Å². The van der Waals surface area contributed by atoms with Crippen molar-refractivity contribution in [2.24, 2.45) is 5.92 Å². The molecule has 0 fully saturated rings. The summed E-state index contributed by atoms with van der Waals surface area (Å²) >= 11 is 0. The summed E-state index contributed by atoms with van der Waals surface area (Å²) in [5, 5.41) is 20.0. The summed E-state index contributed by atoms with van der Waals surface area (Å²) in [5.41, 5.74) is -0.465. The van der Waals surface area contributed by atoms with E-state index >= 15 is 0 Å². The van der Waals surface area contributed by atoms with Gasteiger partial charge in [-0.25, -0.2) is 9.78 Å². The quantitative estimate of drug-likeness (QED) is 0.635. The third-order valence-corrected chi connectivity index (χ3v) is 2.75. The van der Waals surface area contributed by atoms with Gasteiger partial charge in [0.1, 0.15) is 17.6 Å². The summed E-state index contributed by atoms with van der Waals surface area (Å²) in [7, 11) is 0. The first-order valence-electron chi connectivity index (χ1n) is 6.38. The number of hydrogen-bond acceptors (Lipinski definition) is 5. The van der Waals surface area contributed by atoms with Gasteiger partial charge in [-0.3, -0.25) is 10.1 Å². The predicted octanol–water partition coefficient (Wildman–Crippen LogP) is 2.56. The van der Waals surface area contributed by atoms with Gasteiger partial charge >= 0.3 is 5.97 Å². The molecule has 0 amide bonds. The summed E-state index contributed by atoms with van der Waals surface area (Å²) < 4.78 is 0. The summed E-state index contributed by atoms with van der Waals surface area (Å²) in [6, 6.07) is 1.10. The highest BCUT2D eigenvalue weighted by Gasteiger charge is 2.23. The van der Waals surface area contributed by atoms with Crippen molar-refractivity contribution in [2.45, 2.75) is 33.7 Å². The molecule has 0 radical (unpaired) electrons. The Hall–Kier alpha value is -2.18. The molecule has 1 aromatic heterocycles. The molecule has 7 nitrogen and oxygen atoms in total. The Balaban J connectivity index is 3.33. The molecule has 1 aromatic rings. The molecule has 0 aliphatic heterocycles. The van der Waals surface area contributed by atoms with Crippen LogP contribution in [0.2, 0.25) is 0 Å². The van der Waals surface area contributed by atoms with E-state index in [2.05, 4.69) is 4.98 Å². The topological polar surface area (TPSA) is 96.6 Å². The zero-order valence-electron chi connectivity index (χ0n) is 12.0. The van der Waals surface area contributed by atoms with Crippen molar-refractivity contribution >= 4 is 17.5 Å². The van der Waals surface area contributed by atoms with Crippen LogP contribution in [0, 0.1) is 16.0 Å². The Kier molecular flexibility index (Phi) is 5.01. The third kappa shape index (κ3) is 3.66. The molecule has 1 rings (SSSR count). The van der Waals surface area contributed by atoms with Crippen molar-refractivity contribution in [1.82, 2.24) is 4.98 Å². The van der Waals surface area contributed by atoms with E-state index in [4.69, 9.17) is 0 Å². The first-order valence-corrected chi connectivity index (χ1v) is 6.38. The largest absolute Gasteiger partial charge is 0.478 e. The molecular formula is C13H19N3O4. The molecule has 0 aromatic carbocycles. The molecule has 0 saturated heterocycles. The number of carboxylic acids is 1. The van der Waals surface area contributed by atoms with Gasteiger partial charge in [0.2, 0.25) is 0 Å². The van der Waals surface area contributed by atoms with E-state index in [1.807, 2.05) is 32.6 Å². The van der Waals surface area contributed by atoms with Crippen LogP contribution >= 0.6 is 0 Å². The number of anilines is 1. The van der Waals surface area contributed by atoms with Gasteiger partial charge in [0.05, 0.1) is 4.92 Å². The van der Waals surface area contributed by atoms with Crippen molar-refractivity contribution in [3.8, 4) is 0 Å². The zero-order valence-corrected chi connectivity index (χ0v) is 12.0. The highest BCUT2D eigenvalue weighted by atomic mass is 16.6. The molecule has 0 bridgehead atoms. The minimum absolute atomic E-state index is 0.0458. The Labute approximate surface area is 117 Å². The van der Waals surface area contributed by atoms with E-state index in [-0.39, 0.29) is 23.1 Å². The maximum Gasteiger partial charge on any atom is 0.339 e. The van der Waals surface area contributed by atoms with Gasteiger partial charge in [-0.2, -0.15) is 0 Å². The molecule has 110 valence electrons. The Morgan fingerprint density at radius 2 is 2.05 bits per heavy atom. The minimum atomic E-state index is -1.22. The van der Waals surface area contributed by atoms with Crippen molar-refractivity contribution in [1.29, 1.82) is 0 Å². The van der Waals surface area contributed by atoms with Crippen LogP contribution in [0.4, 0.5) is 11.5 Å². The standard InChI is InChI=1S/C13H19N3O4/c1-8(2)7-15(9(3)4)12-11(13(17)18)5-10(6-14-12)16(19)20/h5-6,8-9H,7H2,1-4H3,(H,17,18). The lowest BCUT2D eigenvalue weighted by atomic mass is 10.1. The van der Waals surface area contributed by atoms with E-state index in [9.17, 15) is 20.0 Å². The van der Waals surface area contributed by atoms with Gasteiger partial charge in [-0.05, 0) is 19.8 Å². The molecule has 0 aliphatic carbocycles. The van der Waals surface area contributed by atoms with Crippen LogP contribution in [0.1, 0.15) is 38.1 Å². The molecule has 0 aliphatic rings. The van der Waals surface area contributed by atoms with E-state index in [1.165, 1.54) is 0 Å². The van der Waals surface area contributed by atoms with Gasteiger partial charge in [-0.15, -0.1) is 0 Å². The second-order valence-electron chi connectivity index (χ2n) is 5.27. The maximum absolute atomic E-state index is 11.3. The first-order chi connectivity index (χ1) is 9.23. The fourth-order valence-corrected chi connectivity index (χ4v) is 1.87. The van der Waals surface area contributed by atoms with Crippen molar-refractivity contribution < 1.29 is 14.8 Å². The lowest BCUT2D eigenvalue weighted by molar-refractivity contribution is -0.385. The number of carbonyl (C=O) groups is 1. The van der Waals surface area contributed by atoms with Crippen LogP contribution in [0.5, 0.6) is 0 Å². The van der Waals surface area contributed by atoms with Gasteiger partial charge in [0, 0.05) is 18.7 Å². The van der Waals surface area contributed by atoms with Crippen LogP contribution < -0.4 is 4.90 Å². The van der Waals surface area contributed by atoms with Crippen LogP contribution in [-0.2, 0) is 0 Å². The molecule has 0 spiro atoms. The molecule has 1 heterocycles. The summed E-state index contributed by atoms with van der Waals surface area (Å²) in [4.78, 5) is 27.2. The molecular weight excluding hydrogens is 262 g/mol. The Morgan fingerprint density at radius 3 is 2.45 bits per heavy atom. The van der Waals surface area contributed by atoms with E-state index in [0.29, 0.717) is 12.5 Å². The smallest absolute Gasteiger partial charge is 0.339 e. The Morgan fingerprint density at radius 1 is 1.45 bits per heavy atom. The molecule has 0 unspecified atom stereocenters. The summed E-state index contributed by atoms with van der Waals surface area (Å²) in [6.07, 6.45) is 1.09. The lowest BCUT2D eigenvalue weighted by Crippen LogP contribution is -2.36. The fourth-order valence-electron chi connectivity index (χ4n) is 1.87. The highest BCUT2D eigenvalue weighted by molar-refractivity contribution is 5.94. The summed E-state index contributed by atoms with van der Waals surface area (Å²) in [6.45, 7) is 8.51. The van der Waals surface area contributed by atoms with E-state index < -0.39 is 10.9 Å². The van der Waals surface area contributed by atoms with Gasteiger partial charge in [-0.1, -0.05) is 13.8 Å². The third-order valence-electron chi connectivity index (χ3n) is 2.75. The maximum atomic E-state index is 11.3. The highest BCUT2D eigenvalue weighted by Crippen LogP contribution is 2.25. The minimum Gasteiger partial charge on any atom is -0.478 e. The van der Waals surface area contributed by atoms with Crippen LogP contribution in [0.3, 0.4) is 0 Å². The number of nitro groups is 1. The zero-order chi connectivity index (χ0) is 15.4. The van der Waals surface area contributed by atoms with Gasteiger partial charge in [0.25, 0.3) is 5.69 Å². The summed E-state index contributed by atoms with van der Waals surface area (Å²) in [5.74, 6) is -0.631. The second-order valence-corrected chi connectivity index (χ2v) is 5.27. The van der Waals surface area contributed by atoms with Crippen LogP contribution in [0.25, 0.3) is 0 Å². The number of rotatable bonds is 6. The lowest BCUT2D eigenvalue weighted by Gasteiger charge is -2.30. The number of aromatic carboxylic acids is 1. The molecule has 1 N–H and O–H groups in total. The molecule has 0 saturated carbocycles. The van der Waals surface area contributed by atoms with Crippen molar-refractivity contribution in [3.05, 3.63) is 27.9 Å². The van der Waals surface area contributed by atoms with E-state index in [1.54, 1.807) is 0 Å². The number of nitrogens with zero attached hydrogens (tertiary/aromatic N) is 3.